The number of carbonyl (C=O) groups excluding carboxylic acids is 1. The summed E-state index contributed by atoms with van der Waals surface area (Å²) < 4.78 is 14.5. The van der Waals surface area contributed by atoms with Crippen molar-refractivity contribution < 1.29 is 19.0 Å². The normalized spacial score (nSPS) is 12.6. The number of hydrogen-bond donors (Lipinski definition) is 0. The summed E-state index contributed by atoms with van der Waals surface area (Å²) in [7, 11) is 1.52. The molecule has 66 valence electrons. The number of hydrogen-bond acceptors (Lipinski definition) is 4. The monoisotopic (exact) mass is 162 g/mol. The lowest BCUT2D eigenvalue weighted by Crippen LogP contribution is -2.24. The smallest absolute Gasteiger partial charge is 0.305 e. The highest BCUT2D eigenvalue weighted by Gasteiger charge is 2.09. The SMILES string of the molecule is CCOC(COC)OC(C)=O. The van der Waals surface area contributed by atoms with Gasteiger partial charge in [0.2, 0.25) is 6.29 Å². The number of ether oxygens (including phenoxy) is 3. The zero-order chi connectivity index (χ0) is 8.69. The molecule has 0 fully saturated rings. The molecular formula is C7H14O4. The summed E-state index contributed by atoms with van der Waals surface area (Å²) >= 11 is 0. The van der Waals surface area contributed by atoms with E-state index in [9.17, 15) is 4.79 Å². The maximum Gasteiger partial charge on any atom is 0.305 e. The van der Waals surface area contributed by atoms with Crippen molar-refractivity contribution in [3.63, 3.8) is 0 Å². The van der Waals surface area contributed by atoms with E-state index in [0.717, 1.165) is 0 Å². The third kappa shape index (κ3) is 5.82. The molecule has 0 aliphatic heterocycles. The Kier molecular flexibility index (Phi) is 5.78. The molecule has 0 amide bonds. The Morgan fingerprint density at radius 2 is 2.18 bits per heavy atom. The minimum atomic E-state index is -0.567. The summed E-state index contributed by atoms with van der Waals surface area (Å²) in [5.74, 6) is -0.361. The molecule has 4 heteroatoms. The van der Waals surface area contributed by atoms with E-state index in [1.807, 2.05) is 6.92 Å². The van der Waals surface area contributed by atoms with Crippen LogP contribution in [0.5, 0.6) is 0 Å². The van der Waals surface area contributed by atoms with Crippen LogP contribution in [0.3, 0.4) is 0 Å². The van der Waals surface area contributed by atoms with Crippen LogP contribution in [0.2, 0.25) is 0 Å². The maximum atomic E-state index is 10.4. The average molecular weight is 162 g/mol. The van der Waals surface area contributed by atoms with Crippen LogP contribution in [0.4, 0.5) is 0 Å². The molecule has 0 saturated carbocycles. The quantitative estimate of drug-likeness (QED) is 0.437. The minimum absolute atomic E-state index is 0.271. The van der Waals surface area contributed by atoms with Gasteiger partial charge in [0.15, 0.2) is 0 Å². The van der Waals surface area contributed by atoms with Gasteiger partial charge < -0.3 is 14.2 Å². The Hall–Kier alpha value is -0.610. The Balaban J connectivity index is 3.59. The molecule has 0 aromatic rings. The summed E-state index contributed by atoms with van der Waals surface area (Å²) in [5.41, 5.74) is 0. The standard InChI is InChI=1S/C7H14O4/c1-4-10-7(5-9-3)11-6(2)8/h7H,4-5H2,1-3H3. The molecule has 0 spiro atoms. The molecule has 0 aliphatic carbocycles. The van der Waals surface area contributed by atoms with E-state index in [2.05, 4.69) is 0 Å². The van der Waals surface area contributed by atoms with Gasteiger partial charge in [-0.3, -0.25) is 4.79 Å². The van der Waals surface area contributed by atoms with Crippen molar-refractivity contribution in [2.45, 2.75) is 20.1 Å². The molecule has 0 radical (unpaired) electrons. The third-order valence-electron chi connectivity index (χ3n) is 0.953. The van der Waals surface area contributed by atoms with Crippen LogP contribution in [0.15, 0.2) is 0 Å². The molecule has 0 aliphatic rings. The van der Waals surface area contributed by atoms with E-state index < -0.39 is 6.29 Å². The van der Waals surface area contributed by atoms with Gasteiger partial charge in [0.25, 0.3) is 0 Å². The minimum Gasteiger partial charge on any atom is -0.433 e. The summed E-state index contributed by atoms with van der Waals surface area (Å²) in [6, 6.07) is 0. The summed E-state index contributed by atoms with van der Waals surface area (Å²) in [6.07, 6.45) is -0.567. The second kappa shape index (κ2) is 6.12. The van der Waals surface area contributed by atoms with Crippen LogP contribution in [0.1, 0.15) is 13.8 Å². The highest BCUT2D eigenvalue weighted by molar-refractivity contribution is 5.66. The summed E-state index contributed by atoms with van der Waals surface area (Å²) in [6.45, 7) is 3.93. The fraction of sp³-hybridized carbons (Fsp3) is 0.857. The highest BCUT2D eigenvalue weighted by Crippen LogP contribution is 1.95. The van der Waals surface area contributed by atoms with E-state index in [4.69, 9.17) is 14.2 Å². The number of esters is 1. The van der Waals surface area contributed by atoms with Gasteiger partial charge in [0.1, 0.15) is 6.61 Å². The molecule has 0 saturated heterocycles. The third-order valence-corrected chi connectivity index (χ3v) is 0.953. The zero-order valence-electron chi connectivity index (χ0n) is 7.12. The first-order valence-corrected chi connectivity index (χ1v) is 3.48. The van der Waals surface area contributed by atoms with Crippen molar-refractivity contribution in [2.24, 2.45) is 0 Å². The Bertz CT molecular complexity index is 107. The molecule has 0 aromatic heterocycles. The van der Waals surface area contributed by atoms with Gasteiger partial charge in [0, 0.05) is 20.6 Å². The molecule has 0 heterocycles. The van der Waals surface area contributed by atoms with Gasteiger partial charge in [-0.2, -0.15) is 0 Å². The van der Waals surface area contributed by atoms with Gasteiger partial charge in [-0.15, -0.1) is 0 Å². The van der Waals surface area contributed by atoms with Gasteiger partial charge in [-0.1, -0.05) is 0 Å². The lowest BCUT2D eigenvalue weighted by atomic mass is 10.6. The molecule has 0 aromatic carbocycles. The molecule has 0 bridgehead atoms. The van der Waals surface area contributed by atoms with E-state index in [1.54, 1.807) is 0 Å². The number of rotatable bonds is 5. The first kappa shape index (κ1) is 10.4. The molecule has 11 heavy (non-hydrogen) atoms. The van der Waals surface area contributed by atoms with Crippen molar-refractivity contribution in [2.75, 3.05) is 20.3 Å². The summed E-state index contributed by atoms with van der Waals surface area (Å²) in [5, 5.41) is 0. The van der Waals surface area contributed by atoms with Gasteiger partial charge in [-0.05, 0) is 6.92 Å². The van der Waals surface area contributed by atoms with Gasteiger partial charge >= 0.3 is 5.97 Å². The molecular weight excluding hydrogens is 148 g/mol. The van der Waals surface area contributed by atoms with E-state index in [0.29, 0.717) is 6.61 Å². The van der Waals surface area contributed by atoms with Crippen molar-refractivity contribution in [1.82, 2.24) is 0 Å². The first-order valence-electron chi connectivity index (χ1n) is 3.48. The Morgan fingerprint density at radius 3 is 2.55 bits per heavy atom. The molecule has 0 rings (SSSR count). The van der Waals surface area contributed by atoms with Crippen molar-refractivity contribution in [3.8, 4) is 0 Å². The van der Waals surface area contributed by atoms with Crippen molar-refractivity contribution >= 4 is 5.97 Å². The van der Waals surface area contributed by atoms with Crippen LogP contribution in [0, 0.1) is 0 Å². The number of carbonyl (C=O) groups is 1. The van der Waals surface area contributed by atoms with Crippen LogP contribution in [0.25, 0.3) is 0 Å². The lowest BCUT2D eigenvalue weighted by molar-refractivity contribution is -0.185. The van der Waals surface area contributed by atoms with Gasteiger partial charge in [0.05, 0.1) is 0 Å². The van der Waals surface area contributed by atoms with Crippen molar-refractivity contribution in [1.29, 1.82) is 0 Å². The largest absolute Gasteiger partial charge is 0.433 e. The molecule has 4 nitrogen and oxygen atoms in total. The second-order valence-corrected chi connectivity index (χ2v) is 1.95. The van der Waals surface area contributed by atoms with Crippen LogP contribution >= 0.6 is 0 Å². The zero-order valence-corrected chi connectivity index (χ0v) is 7.12. The number of methoxy groups -OCH3 is 1. The molecule has 0 N–H and O–H groups in total. The van der Waals surface area contributed by atoms with Crippen LogP contribution in [-0.4, -0.2) is 32.6 Å². The predicted octanol–water partition coefficient (Wildman–Crippen LogP) is 0.558. The first-order chi connectivity index (χ1) is 5.20. The maximum absolute atomic E-state index is 10.4. The molecule has 1 unspecified atom stereocenters. The predicted molar refractivity (Wildman–Crippen MR) is 39.1 cm³/mol. The topological polar surface area (TPSA) is 44.8 Å². The average Bonchev–Trinajstić information content (AvgIpc) is 1.87. The van der Waals surface area contributed by atoms with E-state index in [-0.39, 0.29) is 12.6 Å². The lowest BCUT2D eigenvalue weighted by Gasteiger charge is -2.14. The van der Waals surface area contributed by atoms with E-state index in [1.165, 1.54) is 14.0 Å². The Morgan fingerprint density at radius 1 is 1.55 bits per heavy atom. The fourth-order valence-electron chi connectivity index (χ4n) is 0.623. The van der Waals surface area contributed by atoms with E-state index >= 15 is 0 Å². The van der Waals surface area contributed by atoms with Crippen LogP contribution < -0.4 is 0 Å². The second-order valence-electron chi connectivity index (χ2n) is 1.95. The summed E-state index contributed by atoms with van der Waals surface area (Å²) in [4.78, 5) is 10.4. The highest BCUT2D eigenvalue weighted by atomic mass is 16.7. The Labute approximate surface area is 66.4 Å². The fourth-order valence-corrected chi connectivity index (χ4v) is 0.623. The van der Waals surface area contributed by atoms with Crippen molar-refractivity contribution in [3.05, 3.63) is 0 Å². The van der Waals surface area contributed by atoms with Gasteiger partial charge in [-0.25, -0.2) is 0 Å². The van der Waals surface area contributed by atoms with Crippen LogP contribution in [-0.2, 0) is 19.0 Å². The molecule has 1 atom stereocenters.